The van der Waals surface area contributed by atoms with Gasteiger partial charge in [-0.05, 0) is 45.8 Å². The molecule has 122 valence electrons. The second-order valence-corrected chi connectivity index (χ2v) is 6.31. The van der Waals surface area contributed by atoms with Crippen molar-refractivity contribution in [1.82, 2.24) is 20.2 Å². The molecular formula is C14H15Br2N5O2. The van der Waals surface area contributed by atoms with E-state index in [0.717, 1.165) is 20.9 Å². The number of benzene rings is 1. The first-order chi connectivity index (χ1) is 11.0. The number of amides is 1. The molecule has 2 rings (SSSR count). The minimum absolute atomic E-state index is 0.176. The number of ether oxygens (including phenoxy) is 1. The van der Waals surface area contributed by atoms with Crippen LogP contribution in [0.4, 0.5) is 5.95 Å². The van der Waals surface area contributed by atoms with Crippen molar-refractivity contribution in [3.63, 3.8) is 0 Å². The third-order valence-corrected chi connectivity index (χ3v) is 3.81. The van der Waals surface area contributed by atoms with E-state index in [9.17, 15) is 4.79 Å². The number of methoxy groups -OCH3 is 1. The van der Waals surface area contributed by atoms with Gasteiger partial charge in [0.05, 0.1) is 18.1 Å². The molecule has 0 aliphatic heterocycles. The Labute approximate surface area is 150 Å². The molecule has 0 unspecified atom stereocenters. The van der Waals surface area contributed by atoms with Gasteiger partial charge >= 0.3 is 0 Å². The van der Waals surface area contributed by atoms with Gasteiger partial charge in [0.1, 0.15) is 5.75 Å². The highest BCUT2D eigenvalue weighted by Gasteiger charge is 2.08. The molecular weight excluding hydrogens is 430 g/mol. The molecule has 1 heterocycles. The van der Waals surface area contributed by atoms with Crippen LogP contribution >= 0.6 is 31.9 Å². The van der Waals surface area contributed by atoms with Crippen LogP contribution in [0.15, 0.2) is 27.2 Å². The largest absolute Gasteiger partial charge is 0.495 e. The lowest BCUT2D eigenvalue weighted by Gasteiger charge is -2.08. The summed E-state index contributed by atoms with van der Waals surface area (Å²) in [5.74, 6) is 0.471. The SMILES string of the molecule is CCCn1nnc(NC(=O)C=Cc2cc(Br)cc(Br)c2OC)n1. The third kappa shape index (κ3) is 4.87. The first kappa shape index (κ1) is 17.6. The lowest BCUT2D eigenvalue weighted by atomic mass is 10.2. The van der Waals surface area contributed by atoms with Crippen molar-refractivity contribution in [2.75, 3.05) is 12.4 Å². The zero-order valence-corrected chi connectivity index (χ0v) is 15.8. The molecule has 1 N–H and O–H groups in total. The second-order valence-electron chi connectivity index (χ2n) is 4.54. The van der Waals surface area contributed by atoms with Crippen molar-refractivity contribution >= 4 is 49.8 Å². The number of tetrazole rings is 1. The van der Waals surface area contributed by atoms with Crippen LogP contribution in [0, 0.1) is 0 Å². The van der Waals surface area contributed by atoms with E-state index in [0.29, 0.717) is 12.3 Å². The van der Waals surface area contributed by atoms with Crippen LogP contribution in [-0.2, 0) is 11.3 Å². The molecule has 0 atom stereocenters. The number of nitrogens with one attached hydrogen (secondary N) is 1. The Morgan fingerprint density at radius 2 is 2.22 bits per heavy atom. The Morgan fingerprint density at radius 1 is 1.43 bits per heavy atom. The summed E-state index contributed by atoms with van der Waals surface area (Å²) in [6, 6.07) is 3.72. The van der Waals surface area contributed by atoms with Crippen LogP contribution in [-0.4, -0.2) is 33.2 Å². The van der Waals surface area contributed by atoms with Gasteiger partial charge in [0.15, 0.2) is 0 Å². The van der Waals surface area contributed by atoms with Gasteiger partial charge < -0.3 is 4.74 Å². The molecule has 1 amide bonds. The highest BCUT2D eigenvalue weighted by atomic mass is 79.9. The molecule has 0 radical (unpaired) electrons. The summed E-state index contributed by atoms with van der Waals surface area (Å²) in [5, 5.41) is 14.2. The molecule has 7 nitrogen and oxygen atoms in total. The average molecular weight is 445 g/mol. The molecule has 1 aromatic heterocycles. The summed E-state index contributed by atoms with van der Waals surface area (Å²) in [6.45, 7) is 2.66. The fraction of sp³-hybridized carbons (Fsp3) is 0.286. The second kappa shape index (κ2) is 8.21. The Balaban J connectivity index is 2.08. The van der Waals surface area contributed by atoms with Crippen LogP contribution in [0.1, 0.15) is 18.9 Å². The van der Waals surface area contributed by atoms with E-state index in [1.54, 1.807) is 13.2 Å². The summed E-state index contributed by atoms with van der Waals surface area (Å²) in [4.78, 5) is 13.4. The molecule has 0 spiro atoms. The van der Waals surface area contributed by atoms with Crippen LogP contribution < -0.4 is 10.1 Å². The lowest BCUT2D eigenvalue weighted by molar-refractivity contribution is -0.111. The summed E-state index contributed by atoms with van der Waals surface area (Å²) in [6.07, 6.45) is 3.93. The third-order valence-electron chi connectivity index (χ3n) is 2.77. The number of aromatic nitrogens is 4. The van der Waals surface area contributed by atoms with Gasteiger partial charge in [0.2, 0.25) is 0 Å². The first-order valence-electron chi connectivity index (χ1n) is 6.83. The number of rotatable bonds is 6. The molecule has 1 aromatic carbocycles. The minimum Gasteiger partial charge on any atom is -0.495 e. The van der Waals surface area contributed by atoms with Gasteiger partial charge in [-0.25, -0.2) is 0 Å². The summed E-state index contributed by atoms with van der Waals surface area (Å²) < 4.78 is 6.98. The van der Waals surface area contributed by atoms with Gasteiger partial charge in [0, 0.05) is 16.1 Å². The first-order valence-corrected chi connectivity index (χ1v) is 8.42. The number of carbonyl (C=O) groups is 1. The average Bonchev–Trinajstić information content (AvgIpc) is 2.92. The van der Waals surface area contributed by atoms with Gasteiger partial charge in [-0.15, -0.1) is 5.10 Å². The van der Waals surface area contributed by atoms with Gasteiger partial charge in [-0.2, -0.15) is 4.80 Å². The fourth-order valence-electron chi connectivity index (χ4n) is 1.82. The number of halogens is 2. The molecule has 0 aliphatic carbocycles. The van der Waals surface area contributed by atoms with Crippen LogP contribution in [0.5, 0.6) is 5.75 Å². The lowest BCUT2D eigenvalue weighted by Crippen LogP contribution is -2.10. The quantitative estimate of drug-likeness (QED) is 0.691. The molecule has 0 bridgehead atoms. The van der Waals surface area contributed by atoms with E-state index >= 15 is 0 Å². The summed E-state index contributed by atoms with van der Waals surface area (Å²) in [5.41, 5.74) is 0.756. The summed E-state index contributed by atoms with van der Waals surface area (Å²) >= 11 is 6.82. The Morgan fingerprint density at radius 3 is 2.91 bits per heavy atom. The van der Waals surface area contributed by atoms with Crippen molar-refractivity contribution in [2.45, 2.75) is 19.9 Å². The van der Waals surface area contributed by atoms with E-state index in [-0.39, 0.29) is 11.9 Å². The van der Waals surface area contributed by atoms with Gasteiger partial charge in [-0.1, -0.05) is 28.0 Å². The van der Waals surface area contributed by atoms with E-state index in [1.807, 2.05) is 19.1 Å². The zero-order valence-electron chi connectivity index (χ0n) is 12.6. The Hall–Kier alpha value is -1.74. The Kier molecular flexibility index (Phi) is 6.28. The smallest absolute Gasteiger partial charge is 0.270 e. The molecule has 23 heavy (non-hydrogen) atoms. The molecule has 0 aliphatic rings. The maximum atomic E-state index is 11.9. The number of carbonyl (C=O) groups excluding carboxylic acids is 1. The van der Waals surface area contributed by atoms with Crippen molar-refractivity contribution in [3.05, 3.63) is 32.7 Å². The van der Waals surface area contributed by atoms with Crippen molar-refractivity contribution in [2.24, 2.45) is 0 Å². The predicted octanol–water partition coefficient (Wildman–Crippen LogP) is 3.27. The monoisotopic (exact) mass is 443 g/mol. The zero-order chi connectivity index (χ0) is 16.8. The van der Waals surface area contributed by atoms with E-state index < -0.39 is 0 Å². The van der Waals surface area contributed by atoms with E-state index in [4.69, 9.17) is 4.74 Å². The number of aryl methyl sites for hydroxylation is 1. The number of hydrogen-bond acceptors (Lipinski definition) is 5. The molecule has 0 fully saturated rings. The minimum atomic E-state index is -0.348. The van der Waals surface area contributed by atoms with E-state index in [2.05, 4.69) is 52.6 Å². The standard InChI is InChI=1S/C14H15Br2N5O2/c1-3-6-21-19-14(18-20-21)17-12(22)5-4-9-7-10(15)8-11(16)13(9)23-2/h4-5,7-8H,3,6H2,1-2H3,(H,17,19,22). The van der Waals surface area contributed by atoms with Crippen molar-refractivity contribution < 1.29 is 9.53 Å². The molecule has 0 saturated carbocycles. The van der Waals surface area contributed by atoms with Crippen molar-refractivity contribution in [1.29, 1.82) is 0 Å². The van der Waals surface area contributed by atoms with Gasteiger partial charge in [-0.3, -0.25) is 10.1 Å². The van der Waals surface area contributed by atoms with Crippen LogP contribution in [0.25, 0.3) is 6.08 Å². The predicted molar refractivity (Wildman–Crippen MR) is 94.2 cm³/mol. The summed E-state index contributed by atoms with van der Waals surface area (Å²) in [7, 11) is 1.57. The highest BCUT2D eigenvalue weighted by Crippen LogP contribution is 2.33. The highest BCUT2D eigenvalue weighted by molar-refractivity contribution is 9.11. The maximum Gasteiger partial charge on any atom is 0.270 e. The van der Waals surface area contributed by atoms with Crippen molar-refractivity contribution in [3.8, 4) is 5.75 Å². The molecule has 2 aromatic rings. The van der Waals surface area contributed by atoms with Crippen LogP contribution in [0.2, 0.25) is 0 Å². The topological polar surface area (TPSA) is 81.9 Å². The Bertz CT molecular complexity index is 730. The fourth-order valence-corrected chi connectivity index (χ4v) is 3.24. The number of anilines is 1. The van der Waals surface area contributed by atoms with E-state index in [1.165, 1.54) is 10.9 Å². The normalized spacial score (nSPS) is 11.0. The number of hydrogen-bond donors (Lipinski definition) is 1. The molecule has 0 saturated heterocycles. The van der Waals surface area contributed by atoms with Gasteiger partial charge in [0.25, 0.3) is 11.9 Å². The van der Waals surface area contributed by atoms with Crippen LogP contribution in [0.3, 0.4) is 0 Å². The maximum absolute atomic E-state index is 11.9. The number of nitrogens with zero attached hydrogens (tertiary/aromatic N) is 4. The molecule has 9 heteroatoms.